The van der Waals surface area contributed by atoms with Crippen LogP contribution < -0.4 is 14.8 Å². The molecule has 146 valence electrons. The number of benzene rings is 2. The van der Waals surface area contributed by atoms with Crippen molar-refractivity contribution in [2.24, 2.45) is 0 Å². The lowest BCUT2D eigenvalue weighted by Gasteiger charge is -2.10. The average Bonchev–Trinajstić information content (AvgIpc) is 3.20. The van der Waals surface area contributed by atoms with E-state index in [1.165, 1.54) is 5.56 Å². The van der Waals surface area contributed by atoms with Gasteiger partial charge in [-0.1, -0.05) is 41.1 Å². The zero-order valence-corrected chi connectivity index (χ0v) is 16.2. The van der Waals surface area contributed by atoms with Crippen LogP contribution in [0.1, 0.15) is 23.4 Å². The number of hydrogen-bond acceptors (Lipinski definition) is 6. The standard InChI is InChI=1S/C21H23N3O4/c1-14-4-7-16(8-5-14)21-23-20(28-24-21)11-10-19(25)22-13-15-6-9-17(26-2)18(12-15)27-3/h4-9,12H,10-11,13H2,1-3H3,(H,22,25). The van der Waals surface area contributed by atoms with Gasteiger partial charge in [0.05, 0.1) is 14.2 Å². The number of methoxy groups -OCH3 is 2. The van der Waals surface area contributed by atoms with E-state index in [9.17, 15) is 4.79 Å². The van der Waals surface area contributed by atoms with E-state index < -0.39 is 0 Å². The minimum absolute atomic E-state index is 0.0927. The molecule has 0 aliphatic heterocycles. The van der Waals surface area contributed by atoms with Crippen LogP contribution in [-0.2, 0) is 17.8 Å². The van der Waals surface area contributed by atoms with Gasteiger partial charge in [0.1, 0.15) is 0 Å². The van der Waals surface area contributed by atoms with Crippen molar-refractivity contribution < 1.29 is 18.8 Å². The molecule has 7 nitrogen and oxygen atoms in total. The molecule has 0 spiro atoms. The monoisotopic (exact) mass is 381 g/mol. The van der Waals surface area contributed by atoms with Crippen LogP contribution in [0.2, 0.25) is 0 Å². The topological polar surface area (TPSA) is 86.5 Å². The first-order valence-corrected chi connectivity index (χ1v) is 8.96. The fourth-order valence-corrected chi connectivity index (χ4v) is 2.68. The van der Waals surface area contributed by atoms with Crippen molar-refractivity contribution in [2.75, 3.05) is 14.2 Å². The largest absolute Gasteiger partial charge is 0.493 e. The quantitative estimate of drug-likeness (QED) is 0.644. The van der Waals surface area contributed by atoms with Crippen molar-refractivity contribution in [3.05, 3.63) is 59.5 Å². The fourth-order valence-electron chi connectivity index (χ4n) is 2.68. The van der Waals surface area contributed by atoms with Gasteiger partial charge >= 0.3 is 0 Å². The molecule has 3 aromatic rings. The van der Waals surface area contributed by atoms with Crippen LogP contribution in [-0.4, -0.2) is 30.3 Å². The lowest BCUT2D eigenvalue weighted by Crippen LogP contribution is -2.23. The van der Waals surface area contributed by atoms with Crippen LogP contribution >= 0.6 is 0 Å². The molecule has 0 aliphatic carbocycles. The van der Waals surface area contributed by atoms with Crippen molar-refractivity contribution in [3.8, 4) is 22.9 Å². The second-order valence-corrected chi connectivity index (χ2v) is 6.34. The van der Waals surface area contributed by atoms with Gasteiger partial charge in [-0.3, -0.25) is 4.79 Å². The summed E-state index contributed by atoms with van der Waals surface area (Å²) in [6.07, 6.45) is 0.652. The van der Waals surface area contributed by atoms with Gasteiger partial charge < -0.3 is 19.3 Å². The highest BCUT2D eigenvalue weighted by Gasteiger charge is 2.11. The molecule has 28 heavy (non-hydrogen) atoms. The number of ether oxygens (including phenoxy) is 2. The number of aromatic nitrogens is 2. The minimum atomic E-state index is -0.0927. The summed E-state index contributed by atoms with van der Waals surface area (Å²) in [4.78, 5) is 16.5. The van der Waals surface area contributed by atoms with Gasteiger partial charge in [0.15, 0.2) is 11.5 Å². The van der Waals surface area contributed by atoms with Gasteiger partial charge in [-0.05, 0) is 24.6 Å². The van der Waals surface area contributed by atoms with Crippen LogP contribution in [0, 0.1) is 6.92 Å². The predicted molar refractivity (Wildman–Crippen MR) is 104 cm³/mol. The maximum Gasteiger partial charge on any atom is 0.227 e. The first-order valence-electron chi connectivity index (χ1n) is 8.96. The maximum atomic E-state index is 12.1. The summed E-state index contributed by atoms with van der Waals surface area (Å²) in [5, 5.41) is 6.86. The molecule has 2 aromatic carbocycles. The molecule has 0 fully saturated rings. The molecular formula is C21H23N3O4. The highest BCUT2D eigenvalue weighted by atomic mass is 16.5. The Labute approximate surface area is 163 Å². The number of carbonyl (C=O) groups is 1. The highest BCUT2D eigenvalue weighted by molar-refractivity contribution is 5.76. The molecule has 1 heterocycles. The molecule has 7 heteroatoms. The lowest BCUT2D eigenvalue weighted by atomic mass is 10.1. The third kappa shape index (κ3) is 4.88. The fraction of sp³-hybridized carbons (Fsp3) is 0.286. The molecule has 1 aromatic heterocycles. The molecule has 0 aliphatic rings. The smallest absolute Gasteiger partial charge is 0.227 e. The summed E-state index contributed by atoms with van der Waals surface area (Å²) in [6, 6.07) is 13.4. The van der Waals surface area contributed by atoms with Gasteiger partial charge in [0.25, 0.3) is 0 Å². The third-order valence-corrected chi connectivity index (χ3v) is 4.28. The summed E-state index contributed by atoms with van der Waals surface area (Å²) < 4.78 is 15.7. The van der Waals surface area contributed by atoms with Crippen molar-refractivity contribution in [1.82, 2.24) is 15.5 Å². The van der Waals surface area contributed by atoms with E-state index in [-0.39, 0.29) is 12.3 Å². The van der Waals surface area contributed by atoms with Gasteiger partial charge in [0, 0.05) is 24.9 Å². The first kappa shape index (κ1) is 19.4. The molecule has 3 rings (SSSR count). The Kier molecular flexibility index (Phi) is 6.26. The van der Waals surface area contributed by atoms with Crippen LogP contribution in [0.3, 0.4) is 0 Å². The van der Waals surface area contributed by atoms with Crippen LogP contribution in [0.15, 0.2) is 47.0 Å². The number of rotatable bonds is 8. The normalized spacial score (nSPS) is 10.5. The van der Waals surface area contributed by atoms with E-state index in [1.807, 2.05) is 49.4 Å². The maximum absolute atomic E-state index is 12.1. The van der Waals surface area contributed by atoms with E-state index in [4.69, 9.17) is 14.0 Å². The molecule has 0 atom stereocenters. The molecule has 0 bridgehead atoms. The van der Waals surface area contributed by atoms with Crippen molar-refractivity contribution >= 4 is 5.91 Å². The predicted octanol–water partition coefficient (Wildman–Crippen LogP) is 3.31. The molecule has 0 saturated carbocycles. The van der Waals surface area contributed by atoms with E-state index >= 15 is 0 Å². The van der Waals surface area contributed by atoms with E-state index in [2.05, 4.69) is 15.5 Å². The molecule has 0 radical (unpaired) electrons. The number of carbonyl (C=O) groups excluding carboxylic acids is 1. The van der Waals surface area contributed by atoms with Crippen LogP contribution in [0.4, 0.5) is 0 Å². The molecule has 1 N–H and O–H groups in total. The minimum Gasteiger partial charge on any atom is -0.493 e. The third-order valence-electron chi connectivity index (χ3n) is 4.28. The Morgan fingerprint density at radius 3 is 2.54 bits per heavy atom. The van der Waals surface area contributed by atoms with Crippen molar-refractivity contribution in [3.63, 3.8) is 0 Å². The van der Waals surface area contributed by atoms with E-state index in [0.29, 0.717) is 36.2 Å². The second kappa shape index (κ2) is 9.03. The molecule has 0 unspecified atom stereocenters. The number of amides is 1. The lowest BCUT2D eigenvalue weighted by molar-refractivity contribution is -0.121. The van der Waals surface area contributed by atoms with E-state index in [1.54, 1.807) is 14.2 Å². The Hall–Kier alpha value is -3.35. The SMILES string of the molecule is COc1ccc(CNC(=O)CCc2nc(-c3ccc(C)cc3)no2)cc1OC. The highest BCUT2D eigenvalue weighted by Crippen LogP contribution is 2.27. The number of hydrogen-bond donors (Lipinski definition) is 1. The van der Waals surface area contributed by atoms with Crippen molar-refractivity contribution in [1.29, 1.82) is 0 Å². The average molecular weight is 381 g/mol. The van der Waals surface area contributed by atoms with E-state index in [0.717, 1.165) is 11.1 Å². The first-order chi connectivity index (χ1) is 13.6. The van der Waals surface area contributed by atoms with Crippen LogP contribution in [0.25, 0.3) is 11.4 Å². The summed E-state index contributed by atoms with van der Waals surface area (Å²) >= 11 is 0. The zero-order chi connectivity index (χ0) is 19.9. The Morgan fingerprint density at radius 2 is 1.82 bits per heavy atom. The Bertz CT molecular complexity index is 935. The summed E-state index contributed by atoms with van der Waals surface area (Å²) in [7, 11) is 3.16. The van der Waals surface area contributed by atoms with Gasteiger partial charge in [-0.25, -0.2) is 0 Å². The Morgan fingerprint density at radius 1 is 1.07 bits per heavy atom. The van der Waals surface area contributed by atoms with Gasteiger partial charge in [0.2, 0.25) is 17.6 Å². The molecular weight excluding hydrogens is 358 g/mol. The summed E-state index contributed by atoms with van der Waals surface area (Å²) in [5.41, 5.74) is 2.97. The second-order valence-electron chi connectivity index (χ2n) is 6.34. The Balaban J connectivity index is 1.50. The number of aryl methyl sites for hydroxylation is 2. The van der Waals surface area contributed by atoms with Crippen LogP contribution in [0.5, 0.6) is 11.5 Å². The molecule has 1 amide bonds. The zero-order valence-electron chi connectivity index (χ0n) is 16.2. The van der Waals surface area contributed by atoms with Crippen molar-refractivity contribution in [2.45, 2.75) is 26.3 Å². The van der Waals surface area contributed by atoms with Gasteiger partial charge in [-0.2, -0.15) is 4.98 Å². The summed E-state index contributed by atoms with van der Waals surface area (Å²) in [5.74, 6) is 2.16. The molecule has 0 saturated heterocycles. The summed E-state index contributed by atoms with van der Waals surface area (Å²) in [6.45, 7) is 2.42. The number of nitrogens with zero attached hydrogens (tertiary/aromatic N) is 2. The number of nitrogens with one attached hydrogen (secondary N) is 1. The van der Waals surface area contributed by atoms with Gasteiger partial charge in [-0.15, -0.1) is 0 Å².